The predicted octanol–water partition coefficient (Wildman–Crippen LogP) is 27.0. The highest BCUT2D eigenvalue weighted by atomic mass is 14.2. The molecule has 0 saturated carbocycles. The first-order valence-corrected chi connectivity index (χ1v) is 31.4. The lowest BCUT2D eigenvalue weighted by Gasteiger charge is -2.18. The quantitative estimate of drug-likeness (QED) is 0.145. The minimum absolute atomic E-state index is 0.833. The second-order valence-corrected chi connectivity index (χ2v) is 27.7. The fraction of sp³-hybridized carbons (Fsp3) is 1.00. The van der Waals surface area contributed by atoms with E-state index >= 15 is 0 Å². The van der Waals surface area contributed by atoms with Gasteiger partial charge in [-0.25, -0.2) is 0 Å². The van der Waals surface area contributed by atoms with Crippen LogP contribution in [0.4, 0.5) is 0 Å². The molecule has 0 heteroatoms. The zero-order valence-electron chi connectivity index (χ0n) is 59.4. The van der Waals surface area contributed by atoms with Crippen LogP contribution in [0.3, 0.4) is 0 Å². The molecule has 0 aromatic carbocycles. The highest BCUT2D eigenvalue weighted by Crippen LogP contribution is 2.20. The lowest BCUT2D eigenvalue weighted by Crippen LogP contribution is -2.10. The molecule has 0 N–H and O–H groups in total. The molecule has 0 fully saturated rings. The normalized spacial score (nSPS) is 13.3. The summed E-state index contributed by atoms with van der Waals surface area (Å²) in [5.41, 5.74) is 0. The van der Waals surface area contributed by atoms with Gasteiger partial charge in [-0.2, -0.15) is 0 Å². The highest BCUT2D eigenvalue weighted by Gasteiger charge is 2.11. The third kappa shape index (κ3) is 113. The lowest BCUT2D eigenvalue weighted by atomic mass is 9.88. The van der Waals surface area contributed by atoms with Gasteiger partial charge in [-0.15, -0.1) is 0 Å². The van der Waals surface area contributed by atoms with Gasteiger partial charge in [0.15, 0.2) is 0 Å². The summed E-state index contributed by atoms with van der Waals surface area (Å²) in [5.74, 6) is 18.2. The van der Waals surface area contributed by atoms with Crippen molar-refractivity contribution in [3.63, 3.8) is 0 Å². The molecule has 70 heavy (non-hydrogen) atoms. The van der Waals surface area contributed by atoms with Crippen LogP contribution in [0.1, 0.15) is 336 Å². The Labute approximate surface area is 458 Å². The molecule has 0 aliphatic heterocycles. The van der Waals surface area contributed by atoms with Gasteiger partial charge in [0.1, 0.15) is 0 Å². The topological polar surface area (TPSA) is 0 Å². The summed E-state index contributed by atoms with van der Waals surface area (Å²) in [4.78, 5) is 0. The minimum Gasteiger partial charge on any atom is -0.0651 e. The summed E-state index contributed by atoms with van der Waals surface area (Å²) in [5, 5.41) is 0. The van der Waals surface area contributed by atoms with Crippen molar-refractivity contribution in [3.8, 4) is 0 Å². The molecule has 0 aliphatic carbocycles. The van der Waals surface area contributed by atoms with Gasteiger partial charge in [-0.1, -0.05) is 336 Å². The molecule has 0 bridgehead atoms. The van der Waals surface area contributed by atoms with Crippen LogP contribution in [0.15, 0.2) is 0 Å². The van der Waals surface area contributed by atoms with Crippen LogP contribution in [0.25, 0.3) is 0 Å². The molecule has 0 saturated heterocycles. The second kappa shape index (κ2) is 67.0. The molecule has 0 radical (unpaired) electrons. The van der Waals surface area contributed by atoms with Crippen molar-refractivity contribution in [3.05, 3.63) is 0 Å². The standard InChI is InChI=1S/2C8H18.6C7H16.3C4H10/c2*1-6(2)8(5)7(3)4;6*1-5-7(4)6(2)3;3*1-4(2)3/h2*6-8H,1-5H3;6*6-7H,5H2,1-4H3;3*4H,1-3H3. The van der Waals surface area contributed by atoms with Gasteiger partial charge in [0.25, 0.3) is 0 Å². The third-order valence-corrected chi connectivity index (χ3v) is 14.9. The van der Waals surface area contributed by atoms with Crippen molar-refractivity contribution in [2.75, 3.05) is 0 Å². The van der Waals surface area contributed by atoms with Gasteiger partial charge in [-0.3, -0.25) is 0 Å². The summed E-state index contributed by atoms with van der Waals surface area (Å²) in [6, 6.07) is 0. The molecule has 0 nitrogen and oxygen atoms in total. The van der Waals surface area contributed by atoms with E-state index in [2.05, 4.69) is 298 Å². The first kappa shape index (κ1) is 95.7. The van der Waals surface area contributed by atoms with Gasteiger partial charge in [-0.05, 0) is 124 Å². The van der Waals surface area contributed by atoms with Crippen LogP contribution in [0, 0.1) is 124 Å². The van der Waals surface area contributed by atoms with E-state index in [4.69, 9.17) is 0 Å². The second-order valence-electron chi connectivity index (χ2n) is 27.7. The Morgan fingerprint density at radius 3 is 0.214 bits per heavy atom. The van der Waals surface area contributed by atoms with Crippen LogP contribution in [0.5, 0.6) is 0 Å². The fourth-order valence-corrected chi connectivity index (χ4v) is 4.37. The van der Waals surface area contributed by atoms with Crippen LogP contribution in [-0.2, 0) is 0 Å². The van der Waals surface area contributed by atoms with Crippen molar-refractivity contribution < 1.29 is 0 Å². The molecule has 0 spiro atoms. The van der Waals surface area contributed by atoms with E-state index < -0.39 is 0 Å². The van der Waals surface area contributed by atoms with Crippen LogP contribution in [0.2, 0.25) is 0 Å². The first-order valence-electron chi connectivity index (χ1n) is 31.4. The van der Waals surface area contributed by atoms with Crippen LogP contribution < -0.4 is 0 Å². The monoisotopic (exact) mass is 1000 g/mol. The van der Waals surface area contributed by atoms with Gasteiger partial charge in [0.2, 0.25) is 0 Å². The molecule has 0 rings (SSSR count). The Kier molecular flexibility index (Phi) is 91.7. The van der Waals surface area contributed by atoms with Gasteiger partial charge < -0.3 is 0 Å². The molecule has 0 aliphatic rings. The van der Waals surface area contributed by atoms with Crippen LogP contribution >= 0.6 is 0 Å². The van der Waals surface area contributed by atoms with E-state index in [1.165, 1.54) is 38.5 Å². The maximum absolute atomic E-state index is 2.31. The predicted molar refractivity (Wildman–Crippen MR) is 345 cm³/mol. The van der Waals surface area contributed by atoms with E-state index in [9.17, 15) is 0 Å². The van der Waals surface area contributed by atoms with E-state index in [-0.39, 0.29) is 0 Å². The maximum Gasteiger partial charge on any atom is -0.0396 e. The van der Waals surface area contributed by atoms with E-state index in [0.717, 1.165) is 124 Å². The van der Waals surface area contributed by atoms with Gasteiger partial charge >= 0.3 is 0 Å². The number of hydrogen-bond acceptors (Lipinski definition) is 0. The number of hydrogen-bond donors (Lipinski definition) is 0. The zero-order valence-corrected chi connectivity index (χ0v) is 59.4. The van der Waals surface area contributed by atoms with Crippen molar-refractivity contribution >= 4 is 0 Å². The largest absolute Gasteiger partial charge is 0.0651 e. The SMILES string of the molecule is CC(C)C.CC(C)C.CC(C)C.CC(C)C(C)C(C)C.CC(C)C(C)C(C)C.CCC(C)C(C)C.CCC(C)C(C)C.CCC(C)C(C)C.CCC(C)C(C)C.CCC(C)C(C)C.CCC(C)C(C)C. The Hall–Kier alpha value is 0. The molecule has 6 unspecified atom stereocenters. The van der Waals surface area contributed by atoms with E-state index in [1.807, 2.05) is 0 Å². The summed E-state index contributed by atoms with van der Waals surface area (Å²) in [6.45, 7) is 96.9. The molecular formula is C70H162. The van der Waals surface area contributed by atoms with Gasteiger partial charge in [0.05, 0.1) is 0 Å². The average molecular weight is 1000 g/mol. The molecule has 0 amide bonds. The summed E-state index contributed by atoms with van der Waals surface area (Å²) >= 11 is 0. The Morgan fingerprint density at radius 1 is 0.143 bits per heavy atom. The molecular weight excluding hydrogens is 841 g/mol. The lowest BCUT2D eigenvalue weighted by molar-refractivity contribution is 0.316. The smallest absolute Gasteiger partial charge is 0.0396 e. The van der Waals surface area contributed by atoms with Crippen molar-refractivity contribution in [1.82, 2.24) is 0 Å². The third-order valence-electron chi connectivity index (χ3n) is 14.9. The number of rotatable bonds is 16. The van der Waals surface area contributed by atoms with Crippen molar-refractivity contribution in [2.45, 2.75) is 336 Å². The molecule has 0 heterocycles. The molecule has 442 valence electrons. The molecule has 0 aromatic rings. The highest BCUT2D eigenvalue weighted by molar-refractivity contribution is 4.61. The summed E-state index contributed by atoms with van der Waals surface area (Å²) in [7, 11) is 0. The zero-order chi connectivity index (χ0) is 59.4. The Bertz CT molecular complexity index is 652. The summed E-state index contributed by atoms with van der Waals surface area (Å²) < 4.78 is 0. The Morgan fingerprint density at radius 2 is 0.214 bits per heavy atom. The van der Waals surface area contributed by atoms with Gasteiger partial charge in [0, 0.05) is 0 Å². The molecule has 6 atom stereocenters. The van der Waals surface area contributed by atoms with Crippen LogP contribution in [-0.4, -0.2) is 0 Å². The average Bonchev–Trinajstić information content (AvgIpc) is 3.24. The van der Waals surface area contributed by atoms with Crippen molar-refractivity contribution in [1.29, 1.82) is 0 Å². The van der Waals surface area contributed by atoms with Crippen molar-refractivity contribution in [2.24, 2.45) is 124 Å². The summed E-state index contributed by atoms with van der Waals surface area (Å²) in [6.07, 6.45) is 7.90. The fourth-order valence-electron chi connectivity index (χ4n) is 4.37. The molecule has 0 aromatic heterocycles. The maximum atomic E-state index is 2.31. The first-order chi connectivity index (χ1) is 31.4. The van der Waals surface area contributed by atoms with E-state index in [0.29, 0.717) is 0 Å². The van der Waals surface area contributed by atoms with E-state index in [1.54, 1.807) is 0 Å². The Balaban J connectivity index is -0.0000000612. The minimum atomic E-state index is 0.833.